The number of hydrogen-bond acceptors (Lipinski definition) is 2. The van der Waals surface area contributed by atoms with E-state index in [4.69, 9.17) is 0 Å². The van der Waals surface area contributed by atoms with Crippen molar-refractivity contribution in [2.75, 3.05) is 7.05 Å². The molecule has 0 saturated carbocycles. The van der Waals surface area contributed by atoms with Crippen LogP contribution in [0.2, 0.25) is 0 Å². The maximum atomic E-state index is 14.1. The van der Waals surface area contributed by atoms with E-state index in [0.29, 0.717) is 0 Å². The van der Waals surface area contributed by atoms with Gasteiger partial charge in [-0.25, -0.2) is 0 Å². The highest BCUT2D eigenvalue weighted by Crippen LogP contribution is 2.30. The number of carbonyl (C=O) groups is 1. The monoisotopic (exact) mass is 276 g/mol. The summed E-state index contributed by atoms with van der Waals surface area (Å²) in [7, 11) is 1.36. The first-order valence-corrected chi connectivity index (χ1v) is 6.09. The average Bonchev–Trinajstić information content (AvgIpc) is 2.48. The number of hydrogen-bond donors (Lipinski definition) is 0. The Labute approximate surface area is 115 Å². The molecule has 1 aromatic heterocycles. The van der Waals surface area contributed by atoms with Crippen molar-refractivity contribution in [1.82, 2.24) is 9.88 Å². The number of alkyl halides is 2. The van der Waals surface area contributed by atoms with Gasteiger partial charge in [0.1, 0.15) is 0 Å². The van der Waals surface area contributed by atoms with E-state index in [2.05, 4.69) is 4.98 Å². The minimum atomic E-state index is -3.52. The number of likely N-dealkylation sites (N-methyl/N-ethyl adjacent to an activating group) is 1. The second kappa shape index (κ2) is 5.77. The third-order valence-corrected chi connectivity index (χ3v) is 2.92. The van der Waals surface area contributed by atoms with Gasteiger partial charge >= 0.3 is 5.92 Å². The number of halogens is 2. The molecule has 0 radical (unpaired) electrons. The number of benzene rings is 1. The number of rotatable bonds is 4. The molecule has 0 spiro atoms. The van der Waals surface area contributed by atoms with Gasteiger partial charge in [-0.3, -0.25) is 9.78 Å². The zero-order chi connectivity index (χ0) is 14.6. The Bertz CT molecular complexity index is 573. The maximum Gasteiger partial charge on any atom is 0.349 e. The van der Waals surface area contributed by atoms with Crippen LogP contribution in [0, 0.1) is 0 Å². The molecule has 1 heterocycles. The molecular formula is C15H14F2N2O. The van der Waals surface area contributed by atoms with Crippen LogP contribution in [-0.4, -0.2) is 22.8 Å². The van der Waals surface area contributed by atoms with Crippen molar-refractivity contribution in [2.24, 2.45) is 0 Å². The molecule has 0 N–H and O–H groups in total. The van der Waals surface area contributed by atoms with Crippen molar-refractivity contribution in [3.05, 3.63) is 66.0 Å². The van der Waals surface area contributed by atoms with Crippen LogP contribution in [-0.2, 0) is 17.3 Å². The Morgan fingerprint density at radius 1 is 1.15 bits per heavy atom. The molecule has 0 unspecified atom stereocenters. The fraction of sp³-hybridized carbons (Fsp3) is 0.200. The molecule has 104 valence electrons. The van der Waals surface area contributed by atoms with Crippen LogP contribution in [0.3, 0.4) is 0 Å². The third-order valence-electron chi connectivity index (χ3n) is 2.92. The van der Waals surface area contributed by atoms with Crippen molar-refractivity contribution in [2.45, 2.75) is 12.5 Å². The van der Waals surface area contributed by atoms with E-state index >= 15 is 0 Å². The predicted molar refractivity (Wildman–Crippen MR) is 71.0 cm³/mol. The number of pyridine rings is 1. The lowest BCUT2D eigenvalue weighted by molar-refractivity contribution is -0.158. The quantitative estimate of drug-likeness (QED) is 0.860. The molecule has 0 saturated heterocycles. The molecule has 1 aromatic carbocycles. The highest BCUT2D eigenvalue weighted by Gasteiger charge is 2.42. The Morgan fingerprint density at radius 2 is 1.75 bits per heavy atom. The summed E-state index contributed by atoms with van der Waals surface area (Å²) in [5, 5.41) is 0. The van der Waals surface area contributed by atoms with Crippen molar-refractivity contribution >= 4 is 5.91 Å². The topological polar surface area (TPSA) is 33.2 Å². The molecule has 0 aliphatic carbocycles. The SMILES string of the molecule is CN(Cc1ccncc1)C(=O)C(F)(F)c1ccccc1. The first-order valence-electron chi connectivity index (χ1n) is 6.09. The van der Waals surface area contributed by atoms with Crippen LogP contribution >= 0.6 is 0 Å². The highest BCUT2D eigenvalue weighted by atomic mass is 19.3. The second-order valence-electron chi connectivity index (χ2n) is 4.46. The number of amides is 1. The van der Waals surface area contributed by atoms with Crippen LogP contribution in [0.5, 0.6) is 0 Å². The number of carbonyl (C=O) groups excluding carboxylic acids is 1. The van der Waals surface area contributed by atoms with Crippen LogP contribution in [0.25, 0.3) is 0 Å². The molecule has 3 nitrogen and oxygen atoms in total. The second-order valence-corrected chi connectivity index (χ2v) is 4.46. The molecule has 1 amide bonds. The predicted octanol–water partition coefficient (Wildman–Crippen LogP) is 2.83. The Hall–Kier alpha value is -2.30. The van der Waals surface area contributed by atoms with Crippen LogP contribution in [0.4, 0.5) is 8.78 Å². The molecule has 2 aromatic rings. The molecule has 5 heteroatoms. The minimum Gasteiger partial charge on any atom is -0.336 e. The fourth-order valence-corrected chi connectivity index (χ4v) is 1.84. The van der Waals surface area contributed by atoms with Gasteiger partial charge in [0.15, 0.2) is 0 Å². The highest BCUT2D eigenvalue weighted by molar-refractivity contribution is 5.84. The number of aromatic nitrogens is 1. The van der Waals surface area contributed by atoms with Gasteiger partial charge in [-0.15, -0.1) is 0 Å². The van der Waals surface area contributed by atoms with E-state index in [0.717, 1.165) is 10.5 Å². The van der Waals surface area contributed by atoms with Gasteiger partial charge in [0, 0.05) is 31.5 Å². The summed E-state index contributed by atoms with van der Waals surface area (Å²) in [4.78, 5) is 16.8. The van der Waals surface area contributed by atoms with Crippen molar-refractivity contribution in [3.8, 4) is 0 Å². The average molecular weight is 276 g/mol. The zero-order valence-electron chi connectivity index (χ0n) is 11.0. The van der Waals surface area contributed by atoms with E-state index in [1.54, 1.807) is 30.6 Å². The standard InChI is InChI=1S/C15H14F2N2O/c1-19(11-12-7-9-18-10-8-12)14(20)15(16,17)13-5-3-2-4-6-13/h2-10H,11H2,1H3. The summed E-state index contributed by atoms with van der Waals surface area (Å²) < 4.78 is 28.2. The van der Waals surface area contributed by atoms with Gasteiger partial charge in [-0.1, -0.05) is 30.3 Å². The lowest BCUT2D eigenvalue weighted by atomic mass is 10.1. The van der Waals surface area contributed by atoms with E-state index in [1.807, 2.05) is 0 Å². The summed E-state index contributed by atoms with van der Waals surface area (Å²) in [6.45, 7) is 0.115. The van der Waals surface area contributed by atoms with Gasteiger partial charge in [0.05, 0.1) is 0 Å². The summed E-state index contributed by atoms with van der Waals surface area (Å²) in [6, 6.07) is 10.5. The van der Waals surface area contributed by atoms with Crippen molar-refractivity contribution in [3.63, 3.8) is 0 Å². The van der Waals surface area contributed by atoms with Crippen LogP contribution in [0.15, 0.2) is 54.9 Å². The number of nitrogens with zero attached hydrogens (tertiary/aromatic N) is 2. The Morgan fingerprint density at radius 3 is 2.35 bits per heavy atom. The molecule has 0 atom stereocenters. The lowest BCUT2D eigenvalue weighted by Gasteiger charge is -2.23. The zero-order valence-corrected chi connectivity index (χ0v) is 11.0. The molecule has 0 fully saturated rings. The van der Waals surface area contributed by atoms with Crippen LogP contribution in [0.1, 0.15) is 11.1 Å². The fourth-order valence-electron chi connectivity index (χ4n) is 1.84. The summed E-state index contributed by atoms with van der Waals surface area (Å²) in [5.41, 5.74) is 0.450. The van der Waals surface area contributed by atoms with E-state index in [1.165, 1.54) is 31.3 Å². The normalized spacial score (nSPS) is 11.2. The van der Waals surface area contributed by atoms with E-state index < -0.39 is 11.8 Å². The Kier molecular flexibility index (Phi) is 4.08. The van der Waals surface area contributed by atoms with Crippen molar-refractivity contribution in [1.29, 1.82) is 0 Å². The van der Waals surface area contributed by atoms with E-state index in [9.17, 15) is 13.6 Å². The first-order chi connectivity index (χ1) is 9.51. The summed E-state index contributed by atoms with van der Waals surface area (Å²) in [5.74, 6) is -4.75. The molecule has 2 rings (SSSR count). The van der Waals surface area contributed by atoms with E-state index in [-0.39, 0.29) is 12.1 Å². The molecule has 0 aliphatic heterocycles. The minimum absolute atomic E-state index is 0.115. The van der Waals surface area contributed by atoms with Gasteiger partial charge in [-0.2, -0.15) is 8.78 Å². The van der Waals surface area contributed by atoms with Gasteiger partial charge in [-0.05, 0) is 17.7 Å². The largest absolute Gasteiger partial charge is 0.349 e. The molecule has 0 bridgehead atoms. The Balaban J connectivity index is 2.14. The smallest absolute Gasteiger partial charge is 0.336 e. The first kappa shape index (κ1) is 14.1. The summed E-state index contributed by atoms with van der Waals surface area (Å²) in [6.07, 6.45) is 3.12. The molecular weight excluding hydrogens is 262 g/mol. The van der Waals surface area contributed by atoms with Gasteiger partial charge in [0.25, 0.3) is 5.91 Å². The van der Waals surface area contributed by atoms with Gasteiger partial charge in [0.2, 0.25) is 0 Å². The molecule has 0 aliphatic rings. The molecule has 20 heavy (non-hydrogen) atoms. The third kappa shape index (κ3) is 2.99. The lowest BCUT2D eigenvalue weighted by Crippen LogP contribution is -2.39. The van der Waals surface area contributed by atoms with Gasteiger partial charge < -0.3 is 4.90 Å². The van der Waals surface area contributed by atoms with Crippen LogP contribution < -0.4 is 0 Å². The van der Waals surface area contributed by atoms with Crippen molar-refractivity contribution < 1.29 is 13.6 Å². The maximum absolute atomic E-state index is 14.1. The summed E-state index contributed by atoms with van der Waals surface area (Å²) >= 11 is 0.